The van der Waals surface area contributed by atoms with E-state index in [1.165, 1.54) is 38.5 Å². The number of amides is 2. The highest BCUT2D eigenvalue weighted by atomic mass is 16.2. The molecule has 4 saturated carbocycles. The summed E-state index contributed by atoms with van der Waals surface area (Å²) in [6.07, 6.45) is 10.4. The normalized spacial score (nSPS) is 32.8. The van der Waals surface area contributed by atoms with Crippen molar-refractivity contribution in [3.8, 4) is 0 Å². The Morgan fingerprint density at radius 1 is 1.07 bits per heavy atom. The quantitative estimate of drug-likeness (QED) is 0.745. The van der Waals surface area contributed by atoms with Gasteiger partial charge in [-0.2, -0.15) is 0 Å². The van der Waals surface area contributed by atoms with Crippen molar-refractivity contribution in [3.63, 3.8) is 0 Å². The molecule has 2 amide bonds. The summed E-state index contributed by atoms with van der Waals surface area (Å²) >= 11 is 0. The van der Waals surface area contributed by atoms with Crippen LogP contribution in [0.25, 0.3) is 0 Å². The van der Waals surface area contributed by atoms with Gasteiger partial charge in [-0.15, -0.1) is 0 Å². The number of nitrogens with one attached hydrogen (secondary N) is 2. The molecule has 5 nitrogen and oxygen atoms in total. The van der Waals surface area contributed by atoms with Gasteiger partial charge in [-0.3, -0.25) is 9.59 Å². The summed E-state index contributed by atoms with van der Waals surface area (Å²) in [5, 5.41) is 6.54. The van der Waals surface area contributed by atoms with Crippen LogP contribution in [0.5, 0.6) is 0 Å². The molecule has 0 radical (unpaired) electrons. The average Bonchev–Trinajstić information content (AvgIpc) is 3.26. The number of benzene rings is 1. The number of likely N-dealkylation sites (tertiary alicyclic amines) is 1. The van der Waals surface area contributed by atoms with Gasteiger partial charge >= 0.3 is 0 Å². The molecule has 1 saturated heterocycles. The van der Waals surface area contributed by atoms with E-state index in [1.807, 2.05) is 29.2 Å². The van der Waals surface area contributed by atoms with E-state index in [0.717, 1.165) is 49.4 Å². The van der Waals surface area contributed by atoms with Crippen LogP contribution < -0.4 is 10.6 Å². The molecule has 0 aromatic heterocycles. The lowest BCUT2D eigenvalue weighted by atomic mass is 9.48. The second-order valence-electron chi connectivity index (χ2n) is 10.5. The van der Waals surface area contributed by atoms with E-state index in [4.69, 9.17) is 0 Å². The molecule has 4 bridgehead atoms. The molecule has 5 fully saturated rings. The molecule has 162 valence electrons. The smallest absolute Gasteiger partial charge is 0.253 e. The SMILES string of the molecule is C[C@@H](NC(=O)CNc1cccc(C(=O)N2CCCC2)c1)C12CC3CC(CC(C3)C1)C2. The molecule has 2 N–H and O–H groups in total. The van der Waals surface area contributed by atoms with Crippen LogP contribution in [0.4, 0.5) is 5.69 Å². The minimum absolute atomic E-state index is 0.0505. The number of anilines is 1. The van der Waals surface area contributed by atoms with Gasteiger partial charge in [0.1, 0.15) is 0 Å². The highest BCUT2D eigenvalue weighted by Crippen LogP contribution is 2.61. The Balaban J connectivity index is 1.16. The standard InChI is InChI=1S/C25H35N3O2/c1-17(25-13-18-9-19(14-25)11-20(10-18)15-25)27-23(29)16-26-22-6-4-5-21(12-22)24(30)28-7-2-3-8-28/h4-6,12,17-20,26H,2-3,7-11,13-16H2,1H3,(H,27,29)/t17-,18?,19?,20?,25?/m1/s1. The summed E-state index contributed by atoms with van der Waals surface area (Å²) in [4.78, 5) is 27.2. The number of nitrogens with zero attached hydrogens (tertiary/aromatic N) is 1. The Morgan fingerprint density at radius 3 is 2.33 bits per heavy atom. The van der Waals surface area contributed by atoms with E-state index in [1.54, 1.807) is 0 Å². The molecular weight excluding hydrogens is 374 g/mol. The predicted molar refractivity (Wildman–Crippen MR) is 118 cm³/mol. The van der Waals surface area contributed by atoms with Gasteiger partial charge < -0.3 is 15.5 Å². The summed E-state index contributed by atoms with van der Waals surface area (Å²) in [6.45, 7) is 4.17. The molecular formula is C25H35N3O2. The summed E-state index contributed by atoms with van der Waals surface area (Å²) in [5.41, 5.74) is 1.86. The first-order valence-corrected chi connectivity index (χ1v) is 11.9. The van der Waals surface area contributed by atoms with Crippen LogP contribution in [0.3, 0.4) is 0 Å². The zero-order chi connectivity index (χ0) is 20.7. The monoisotopic (exact) mass is 409 g/mol. The highest BCUT2D eigenvalue weighted by Gasteiger charge is 2.53. The van der Waals surface area contributed by atoms with Crippen molar-refractivity contribution in [1.29, 1.82) is 0 Å². The van der Waals surface area contributed by atoms with Crippen molar-refractivity contribution in [2.75, 3.05) is 25.0 Å². The Morgan fingerprint density at radius 2 is 1.70 bits per heavy atom. The largest absolute Gasteiger partial charge is 0.376 e. The third-order valence-electron chi connectivity index (χ3n) is 8.34. The molecule has 4 aliphatic carbocycles. The molecule has 0 unspecified atom stereocenters. The molecule has 6 rings (SSSR count). The van der Waals surface area contributed by atoms with Crippen LogP contribution in [0.1, 0.15) is 68.6 Å². The molecule has 30 heavy (non-hydrogen) atoms. The molecule has 5 heteroatoms. The van der Waals surface area contributed by atoms with Gasteiger partial charge in [-0.25, -0.2) is 0 Å². The second-order valence-corrected chi connectivity index (χ2v) is 10.5. The molecule has 1 aliphatic heterocycles. The first-order valence-electron chi connectivity index (χ1n) is 11.9. The van der Waals surface area contributed by atoms with Gasteiger partial charge in [0.25, 0.3) is 5.91 Å². The lowest BCUT2D eigenvalue weighted by molar-refractivity contribution is -0.124. The van der Waals surface area contributed by atoms with Crippen molar-refractivity contribution in [1.82, 2.24) is 10.2 Å². The Labute approximate surface area is 180 Å². The van der Waals surface area contributed by atoms with Crippen LogP contribution in [0.2, 0.25) is 0 Å². The van der Waals surface area contributed by atoms with Crippen LogP contribution in [0.15, 0.2) is 24.3 Å². The number of hydrogen-bond acceptors (Lipinski definition) is 3. The van der Waals surface area contributed by atoms with Crippen molar-refractivity contribution in [2.45, 2.75) is 64.3 Å². The maximum absolute atomic E-state index is 12.7. The minimum atomic E-state index is 0.0505. The lowest BCUT2D eigenvalue weighted by Crippen LogP contribution is -2.56. The molecule has 1 heterocycles. The topological polar surface area (TPSA) is 61.4 Å². The van der Waals surface area contributed by atoms with Gasteiger partial charge in [0.05, 0.1) is 6.54 Å². The summed E-state index contributed by atoms with van der Waals surface area (Å²) in [7, 11) is 0. The summed E-state index contributed by atoms with van der Waals surface area (Å²) in [6, 6.07) is 7.79. The van der Waals surface area contributed by atoms with Crippen molar-refractivity contribution in [2.24, 2.45) is 23.2 Å². The Hall–Kier alpha value is -2.04. The zero-order valence-corrected chi connectivity index (χ0v) is 18.2. The molecule has 5 aliphatic rings. The summed E-state index contributed by atoms with van der Waals surface area (Å²) < 4.78 is 0. The number of rotatable bonds is 6. The highest BCUT2D eigenvalue weighted by molar-refractivity contribution is 5.95. The number of carbonyl (C=O) groups excluding carboxylic acids is 2. The maximum atomic E-state index is 12.7. The fourth-order valence-corrected chi connectivity index (χ4v) is 7.20. The maximum Gasteiger partial charge on any atom is 0.253 e. The second kappa shape index (κ2) is 7.90. The number of carbonyl (C=O) groups is 2. The predicted octanol–water partition coefficient (Wildman–Crippen LogP) is 4.06. The Kier molecular flexibility index (Phi) is 5.24. The van der Waals surface area contributed by atoms with Crippen LogP contribution in [-0.4, -0.2) is 42.4 Å². The van der Waals surface area contributed by atoms with E-state index < -0.39 is 0 Å². The van der Waals surface area contributed by atoms with Crippen LogP contribution in [0, 0.1) is 23.2 Å². The molecule has 1 atom stereocenters. The molecule has 0 spiro atoms. The van der Waals surface area contributed by atoms with Crippen molar-refractivity contribution < 1.29 is 9.59 Å². The Bertz CT molecular complexity index is 779. The minimum Gasteiger partial charge on any atom is -0.376 e. The average molecular weight is 410 g/mol. The van der Waals surface area contributed by atoms with Crippen LogP contribution >= 0.6 is 0 Å². The van der Waals surface area contributed by atoms with E-state index >= 15 is 0 Å². The van der Waals surface area contributed by atoms with E-state index in [-0.39, 0.29) is 24.4 Å². The third-order valence-corrected chi connectivity index (χ3v) is 8.34. The fourth-order valence-electron chi connectivity index (χ4n) is 7.20. The molecule has 1 aromatic carbocycles. The summed E-state index contributed by atoms with van der Waals surface area (Å²) in [5.74, 6) is 2.82. The third kappa shape index (κ3) is 3.83. The zero-order valence-electron chi connectivity index (χ0n) is 18.2. The van der Waals surface area contributed by atoms with E-state index in [2.05, 4.69) is 17.6 Å². The number of hydrogen-bond donors (Lipinski definition) is 2. The first kappa shape index (κ1) is 19.9. The van der Waals surface area contributed by atoms with Gasteiger partial charge in [0, 0.05) is 30.4 Å². The first-order chi connectivity index (χ1) is 14.5. The van der Waals surface area contributed by atoms with Crippen molar-refractivity contribution >= 4 is 17.5 Å². The van der Waals surface area contributed by atoms with Gasteiger partial charge in [0.2, 0.25) is 5.91 Å². The van der Waals surface area contributed by atoms with E-state index in [9.17, 15) is 9.59 Å². The van der Waals surface area contributed by atoms with E-state index in [0.29, 0.717) is 11.0 Å². The van der Waals surface area contributed by atoms with Crippen molar-refractivity contribution in [3.05, 3.63) is 29.8 Å². The fraction of sp³-hybridized carbons (Fsp3) is 0.680. The van der Waals surface area contributed by atoms with Gasteiger partial charge in [-0.1, -0.05) is 6.07 Å². The molecule has 1 aromatic rings. The van der Waals surface area contributed by atoms with Gasteiger partial charge in [0.15, 0.2) is 0 Å². The van der Waals surface area contributed by atoms with Gasteiger partial charge in [-0.05, 0) is 99.7 Å². The lowest BCUT2D eigenvalue weighted by Gasteiger charge is -2.59. The van der Waals surface area contributed by atoms with Crippen LogP contribution in [-0.2, 0) is 4.79 Å².